The van der Waals surface area contributed by atoms with Crippen LogP contribution in [0, 0.1) is 18.7 Å². The molecule has 2 atom stereocenters. The Morgan fingerprint density at radius 3 is 2.59 bits per heavy atom. The van der Waals surface area contributed by atoms with Crippen molar-refractivity contribution in [1.82, 2.24) is 10.2 Å². The minimum atomic E-state index is -0.194. The number of nitrogens with zero attached hydrogens (tertiary/aromatic N) is 1. The number of ether oxygens (including phenoxy) is 1. The summed E-state index contributed by atoms with van der Waals surface area (Å²) in [6, 6.07) is 23.3. The topological polar surface area (TPSA) is 41.6 Å². The first kappa shape index (κ1) is 24.0. The van der Waals surface area contributed by atoms with Gasteiger partial charge in [-0.05, 0) is 55.0 Å². The van der Waals surface area contributed by atoms with Crippen LogP contribution in [0.5, 0.6) is 5.75 Å². The van der Waals surface area contributed by atoms with E-state index in [-0.39, 0.29) is 23.6 Å². The first-order valence-electron chi connectivity index (χ1n) is 11.9. The predicted molar refractivity (Wildman–Crippen MR) is 133 cm³/mol. The molecule has 0 unspecified atom stereocenters. The molecule has 1 heterocycles. The van der Waals surface area contributed by atoms with Crippen molar-refractivity contribution in [2.24, 2.45) is 5.92 Å². The van der Waals surface area contributed by atoms with Gasteiger partial charge in [0.15, 0.2) is 0 Å². The molecule has 34 heavy (non-hydrogen) atoms. The normalized spacial score (nSPS) is 18.4. The second-order valence-corrected chi connectivity index (χ2v) is 9.22. The molecule has 1 saturated heterocycles. The fourth-order valence-corrected chi connectivity index (χ4v) is 4.81. The van der Waals surface area contributed by atoms with Gasteiger partial charge in [0.25, 0.3) is 0 Å². The number of aryl methyl sites for hydroxylation is 1. The third kappa shape index (κ3) is 6.23. The Kier molecular flexibility index (Phi) is 7.96. The summed E-state index contributed by atoms with van der Waals surface area (Å²) in [5.74, 6) is 0.803. The van der Waals surface area contributed by atoms with Crippen molar-refractivity contribution in [3.8, 4) is 5.75 Å². The summed E-state index contributed by atoms with van der Waals surface area (Å²) < 4.78 is 19.5. The van der Waals surface area contributed by atoms with E-state index >= 15 is 0 Å². The minimum Gasteiger partial charge on any atom is -0.497 e. The van der Waals surface area contributed by atoms with Gasteiger partial charge in [-0.15, -0.1) is 0 Å². The van der Waals surface area contributed by atoms with E-state index in [9.17, 15) is 9.18 Å². The molecule has 1 aliphatic heterocycles. The maximum Gasteiger partial charge on any atom is 0.224 e. The fourth-order valence-electron chi connectivity index (χ4n) is 4.81. The molecule has 4 rings (SSSR count). The Morgan fingerprint density at radius 2 is 1.85 bits per heavy atom. The van der Waals surface area contributed by atoms with Crippen LogP contribution < -0.4 is 10.1 Å². The summed E-state index contributed by atoms with van der Waals surface area (Å²) in [7, 11) is 1.65. The van der Waals surface area contributed by atoms with Gasteiger partial charge in [0, 0.05) is 31.7 Å². The van der Waals surface area contributed by atoms with Crippen LogP contribution in [-0.2, 0) is 17.8 Å². The van der Waals surface area contributed by atoms with Gasteiger partial charge in [-0.2, -0.15) is 0 Å². The molecule has 0 spiro atoms. The molecule has 1 fully saturated rings. The van der Waals surface area contributed by atoms with Gasteiger partial charge in [-0.1, -0.05) is 60.2 Å². The van der Waals surface area contributed by atoms with Gasteiger partial charge >= 0.3 is 0 Å². The molecule has 0 bridgehead atoms. The number of benzene rings is 3. The highest BCUT2D eigenvalue weighted by Crippen LogP contribution is 2.32. The van der Waals surface area contributed by atoms with Gasteiger partial charge in [0.2, 0.25) is 5.91 Å². The van der Waals surface area contributed by atoms with E-state index < -0.39 is 0 Å². The molecule has 4 nitrogen and oxygen atoms in total. The average Bonchev–Trinajstić information content (AvgIpc) is 2.85. The van der Waals surface area contributed by atoms with Crippen molar-refractivity contribution in [3.05, 3.63) is 101 Å². The lowest BCUT2D eigenvalue weighted by atomic mass is 9.83. The van der Waals surface area contributed by atoms with E-state index in [1.165, 1.54) is 17.2 Å². The van der Waals surface area contributed by atoms with E-state index in [1.54, 1.807) is 13.2 Å². The van der Waals surface area contributed by atoms with Crippen LogP contribution in [0.15, 0.2) is 72.8 Å². The second kappa shape index (κ2) is 11.3. The number of hydrogen-bond acceptors (Lipinski definition) is 3. The number of nitrogens with one attached hydrogen (secondary N) is 1. The smallest absolute Gasteiger partial charge is 0.224 e. The van der Waals surface area contributed by atoms with Crippen LogP contribution in [0.25, 0.3) is 0 Å². The molecular weight excluding hydrogens is 427 g/mol. The molecule has 3 aromatic carbocycles. The summed E-state index contributed by atoms with van der Waals surface area (Å²) in [6.45, 7) is 4.62. The zero-order valence-corrected chi connectivity index (χ0v) is 20.0. The summed E-state index contributed by atoms with van der Waals surface area (Å²) >= 11 is 0. The molecule has 1 amide bonds. The molecule has 1 aliphatic rings. The average molecular weight is 461 g/mol. The molecule has 0 radical (unpaired) electrons. The number of rotatable bonds is 8. The largest absolute Gasteiger partial charge is 0.497 e. The van der Waals surface area contributed by atoms with Gasteiger partial charge in [0.05, 0.1) is 13.0 Å². The molecule has 178 valence electrons. The van der Waals surface area contributed by atoms with Crippen LogP contribution in [0.2, 0.25) is 0 Å². The maximum atomic E-state index is 14.3. The number of halogens is 1. The highest BCUT2D eigenvalue weighted by molar-refractivity contribution is 5.79. The summed E-state index contributed by atoms with van der Waals surface area (Å²) in [6.07, 6.45) is 1.56. The number of carbonyl (C=O) groups excluding carboxylic acids is 1. The number of carbonyl (C=O) groups is 1. The van der Waals surface area contributed by atoms with Crippen molar-refractivity contribution >= 4 is 5.91 Å². The summed E-state index contributed by atoms with van der Waals surface area (Å²) in [5.41, 5.74) is 4.29. The zero-order chi connectivity index (χ0) is 23.9. The highest BCUT2D eigenvalue weighted by atomic mass is 19.1. The minimum absolute atomic E-state index is 0.0735. The second-order valence-electron chi connectivity index (χ2n) is 9.22. The van der Waals surface area contributed by atoms with Crippen molar-refractivity contribution in [3.63, 3.8) is 0 Å². The lowest BCUT2D eigenvalue weighted by Gasteiger charge is -2.37. The van der Waals surface area contributed by atoms with Crippen LogP contribution in [0.3, 0.4) is 0 Å². The Morgan fingerprint density at radius 1 is 1.06 bits per heavy atom. The first-order chi connectivity index (χ1) is 16.5. The van der Waals surface area contributed by atoms with Gasteiger partial charge in [-0.25, -0.2) is 4.39 Å². The Labute approximate surface area is 201 Å². The molecule has 0 aliphatic carbocycles. The predicted octanol–water partition coefficient (Wildman–Crippen LogP) is 5.11. The number of amides is 1. The molecular formula is C29H33FN2O2. The van der Waals surface area contributed by atoms with Crippen LogP contribution in [0.4, 0.5) is 4.39 Å². The molecule has 0 aromatic heterocycles. The molecule has 3 aromatic rings. The van der Waals surface area contributed by atoms with Crippen LogP contribution >= 0.6 is 0 Å². The standard InChI is InChI=1S/C29H33FN2O2/c1-21-6-5-8-23(16-21)25-17-26(20-32(19-25)18-24-7-3-4-9-28(24)30)29(33)31-15-14-22-10-12-27(34-2)13-11-22/h3-13,16,25-26H,14-15,17-20H2,1-2H3,(H,31,33)/t25-,26-/m1/s1. The fraction of sp³-hybridized carbons (Fsp3) is 0.345. The molecule has 5 heteroatoms. The SMILES string of the molecule is COc1ccc(CCNC(=O)[C@@H]2C[C@@H](c3cccc(C)c3)CN(Cc3ccccc3F)C2)cc1. The Balaban J connectivity index is 1.43. The molecule has 1 N–H and O–H groups in total. The van der Waals surface area contributed by atoms with E-state index in [1.807, 2.05) is 36.4 Å². The molecule has 0 saturated carbocycles. The van der Waals surface area contributed by atoms with E-state index in [4.69, 9.17) is 4.74 Å². The zero-order valence-electron chi connectivity index (χ0n) is 20.0. The Hall–Kier alpha value is -3.18. The Bertz CT molecular complexity index is 1100. The van der Waals surface area contributed by atoms with Gasteiger partial charge in [0.1, 0.15) is 11.6 Å². The highest BCUT2D eigenvalue weighted by Gasteiger charge is 2.32. The van der Waals surface area contributed by atoms with Crippen LogP contribution in [-0.4, -0.2) is 37.6 Å². The van der Waals surface area contributed by atoms with Gasteiger partial charge in [-0.3, -0.25) is 9.69 Å². The third-order valence-corrected chi connectivity index (χ3v) is 6.63. The van der Waals surface area contributed by atoms with Crippen LogP contribution in [0.1, 0.15) is 34.6 Å². The van der Waals surface area contributed by atoms with Crippen molar-refractivity contribution in [1.29, 1.82) is 0 Å². The van der Waals surface area contributed by atoms with Crippen molar-refractivity contribution in [2.45, 2.75) is 32.2 Å². The lowest BCUT2D eigenvalue weighted by Crippen LogP contribution is -2.45. The first-order valence-corrected chi connectivity index (χ1v) is 11.9. The third-order valence-electron chi connectivity index (χ3n) is 6.63. The van der Waals surface area contributed by atoms with Crippen molar-refractivity contribution in [2.75, 3.05) is 26.7 Å². The quantitative estimate of drug-likeness (QED) is 0.508. The number of hydrogen-bond donors (Lipinski definition) is 1. The van der Waals surface area contributed by atoms with Gasteiger partial charge < -0.3 is 10.1 Å². The number of piperidine rings is 1. The lowest BCUT2D eigenvalue weighted by molar-refractivity contribution is -0.127. The number of methoxy groups -OCH3 is 1. The van der Waals surface area contributed by atoms with E-state index in [0.717, 1.165) is 30.7 Å². The summed E-state index contributed by atoms with van der Waals surface area (Å²) in [4.78, 5) is 15.4. The summed E-state index contributed by atoms with van der Waals surface area (Å²) in [5, 5.41) is 3.14. The van der Waals surface area contributed by atoms with E-state index in [2.05, 4.69) is 41.4 Å². The number of likely N-dealkylation sites (tertiary alicyclic amines) is 1. The van der Waals surface area contributed by atoms with E-state index in [0.29, 0.717) is 25.2 Å². The van der Waals surface area contributed by atoms with Crippen molar-refractivity contribution < 1.29 is 13.9 Å². The monoisotopic (exact) mass is 460 g/mol. The maximum absolute atomic E-state index is 14.3.